The molecule has 2 aromatic carbocycles. The number of hydrogen-bond acceptors (Lipinski definition) is 5. The number of piperidine rings is 1. The van der Waals surface area contributed by atoms with E-state index in [0.29, 0.717) is 37.6 Å². The molecule has 1 fully saturated rings. The van der Waals surface area contributed by atoms with Crippen LogP contribution in [0.2, 0.25) is 0 Å². The number of esters is 1. The molecule has 176 valence electrons. The molecule has 3 rings (SSSR count). The summed E-state index contributed by atoms with van der Waals surface area (Å²) in [5.41, 5.74) is 3.10. The normalized spacial score (nSPS) is 14.1. The molecule has 0 bridgehead atoms. The summed E-state index contributed by atoms with van der Waals surface area (Å²) < 4.78 is 10.6. The lowest BCUT2D eigenvalue weighted by molar-refractivity contribution is -0.154. The lowest BCUT2D eigenvalue weighted by atomic mass is 9.95. The van der Waals surface area contributed by atoms with Gasteiger partial charge in [-0.3, -0.25) is 9.59 Å². The number of anilines is 1. The van der Waals surface area contributed by atoms with Gasteiger partial charge in [0.1, 0.15) is 5.75 Å². The van der Waals surface area contributed by atoms with Crippen molar-refractivity contribution in [3.05, 3.63) is 59.7 Å². The third-order valence-corrected chi connectivity index (χ3v) is 5.84. The van der Waals surface area contributed by atoms with Gasteiger partial charge in [-0.25, -0.2) is 4.79 Å². The van der Waals surface area contributed by atoms with E-state index < -0.39 is 5.97 Å². The number of hydrogen-bond donors (Lipinski definition) is 1. The molecule has 7 nitrogen and oxygen atoms in total. The van der Waals surface area contributed by atoms with Crippen molar-refractivity contribution < 1.29 is 23.9 Å². The largest absolute Gasteiger partial charge is 0.482 e. The number of benzene rings is 2. The van der Waals surface area contributed by atoms with Gasteiger partial charge in [0.15, 0.2) is 13.2 Å². The molecule has 0 atom stereocenters. The Morgan fingerprint density at radius 3 is 2.36 bits per heavy atom. The minimum absolute atomic E-state index is 0.0338. The van der Waals surface area contributed by atoms with E-state index in [2.05, 4.69) is 19.2 Å². The number of rotatable bonds is 8. The average molecular weight is 453 g/mol. The summed E-state index contributed by atoms with van der Waals surface area (Å²) in [4.78, 5) is 38.5. The van der Waals surface area contributed by atoms with Gasteiger partial charge in [-0.1, -0.05) is 38.1 Å². The third-order valence-electron chi connectivity index (χ3n) is 5.84. The number of amides is 2. The number of ether oxygens (including phenoxy) is 2. The van der Waals surface area contributed by atoms with Crippen LogP contribution < -0.4 is 10.1 Å². The van der Waals surface area contributed by atoms with Crippen LogP contribution >= 0.6 is 0 Å². The molecule has 0 unspecified atom stereocenters. The van der Waals surface area contributed by atoms with E-state index in [1.807, 2.05) is 55.5 Å². The van der Waals surface area contributed by atoms with Gasteiger partial charge in [0.2, 0.25) is 5.91 Å². The first kappa shape index (κ1) is 24.3. The van der Waals surface area contributed by atoms with Gasteiger partial charge in [-0.2, -0.15) is 0 Å². The molecule has 7 heteroatoms. The van der Waals surface area contributed by atoms with Crippen LogP contribution in [0.1, 0.15) is 43.7 Å². The number of nitrogens with one attached hydrogen (secondary N) is 1. The smallest absolute Gasteiger partial charge is 0.344 e. The Labute approximate surface area is 195 Å². The standard InChI is InChI=1S/C26H32N2O5/c1-18(2)23-10-9-22(15-19(23)3)32-17-25(30)33-16-24(29)28-13-11-20(12-14-28)26(31)27-21-7-5-4-6-8-21/h4-10,15,18,20H,11-14,16-17H2,1-3H3,(H,27,31). The van der Waals surface area contributed by atoms with Crippen molar-refractivity contribution in [2.45, 2.75) is 39.5 Å². The Bertz CT molecular complexity index is 966. The minimum Gasteiger partial charge on any atom is -0.482 e. The highest BCUT2D eigenvalue weighted by molar-refractivity contribution is 5.92. The average Bonchev–Trinajstić information content (AvgIpc) is 2.81. The quantitative estimate of drug-likeness (QED) is 0.614. The second kappa shape index (κ2) is 11.5. The van der Waals surface area contributed by atoms with E-state index in [9.17, 15) is 14.4 Å². The lowest BCUT2D eigenvalue weighted by Crippen LogP contribution is -2.43. The molecule has 1 N–H and O–H groups in total. The predicted octanol–water partition coefficient (Wildman–Crippen LogP) is 3.92. The summed E-state index contributed by atoms with van der Waals surface area (Å²) in [5.74, 6) is -0.0212. The molecule has 1 saturated heterocycles. The second-order valence-electron chi connectivity index (χ2n) is 8.63. The van der Waals surface area contributed by atoms with Crippen LogP contribution in [-0.2, 0) is 19.1 Å². The van der Waals surface area contributed by atoms with Crippen LogP contribution in [0.3, 0.4) is 0 Å². The second-order valence-corrected chi connectivity index (χ2v) is 8.63. The van der Waals surface area contributed by atoms with Crippen molar-refractivity contribution in [1.82, 2.24) is 4.90 Å². The first-order chi connectivity index (χ1) is 15.8. The zero-order valence-corrected chi connectivity index (χ0v) is 19.5. The SMILES string of the molecule is Cc1cc(OCC(=O)OCC(=O)N2CCC(C(=O)Nc3ccccc3)CC2)ccc1C(C)C. The molecule has 1 heterocycles. The van der Waals surface area contributed by atoms with Crippen molar-refractivity contribution >= 4 is 23.5 Å². The van der Waals surface area contributed by atoms with Gasteiger partial charge < -0.3 is 19.7 Å². The highest BCUT2D eigenvalue weighted by Gasteiger charge is 2.27. The van der Waals surface area contributed by atoms with Gasteiger partial charge in [-0.15, -0.1) is 0 Å². The Hall–Kier alpha value is -3.35. The molecule has 2 aromatic rings. The molecule has 0 spiro atoms. The number of aryl methyl sites for hydroxylation is 1. The van der Waals surface area contributed by atoms with Crippen LogP contribution in [0.5, 0.6) is 5.75 Å². The molecule has 1 aliphatic rings. The maximum atomic E-state index is 12.4. The molecular weight excluding hydrogens is 420 g/mol. The van der Waals surface area contributed by atoms with Crippen molar-refractivity contribution in [3.8, 4) is 5.75 Å². The van der Waals surface area contributed by atoms with Crippen molar-refractivity contribution in [3.63, 3.8) is 0 Å². The zero-order chi connectivity index (χ0) is 23.8. The van der Waals surface area contributed by atoms with Crippen LogP contribution in [0.15, 0.2) is 48.5 Å². The van der Waals surface area contributed by atoms with E-state index in [-0.39, 0.29) is 30.9 Å². The molecule has 0 saturated carbocycles. The highest BCUT2D eigenvalue weighted by atomic mass is 16.6. The van der Waals surface area contributed by atoms with Gasteiger partial charge in [0, 0.05) is 24.7 Å². The predicted molar refractivity (Wildman–Crippen MR) is 126 cm³/mol. The monoisotopic (exact) mass is 452 g/mol. The number of para-hydroxylation sites is 1. The van der Waals surface area contributed by atoms with Crippen LogP contribution in [0.25, 0.3) is 0 Å². The molecule has 33 heavy (non-hydrogen) atoms. The Morgan fingerprint density at radius 2 is 1.73 bits per heavy atom. The number of likely N-dealkylation sites (tertiary alicyclic amines) is 1. The van der Waals surface area contributed by atoms with E-state index in [1.165, 1.54) is 5.56 Å². The van der Waals surface area contributed by atoms with Crippen molar-refractivity contribution in [2.24, 2.45) is 5.92 Å². The number of carbonyl (C=O) groups is 3. The summed E-state index contributed by atoms with van der Waals surface area (Å²) in [5, 5.41) is 2.91. The molecule has 0 aliphatic carbocycles. The number of carbonyl (C=O) groups excluding carboxylic acids is 3. The van der Waals surface area contributed by atoms with E-state index in [0.717, 1.165) is 11.3 Å². The maximum Gasteiger partial charge on any atom is 0.344 e. The Balaban J connectivity index is 1.36. The zero-order valence-electron chi connectivity index (χ0n) is 19.5. The number of nitrogens with zero attached hydrogens (tertiary/aromatic N) is 1. The van der Waals surface area contributed by atoms with Crippen molar-refractivity contribution in [1.29, 1.82) is 0 Å². The molecule has 2 amide bonds. The van der Waals surface area contributed by atoms with Crippen LogP contribution in [-0.4, -0.2) is 49.0 Å². The molecule has 1 aliphatic heterocycles. The molecule has 0 radical (unpaired) electrons. The maximum absolute atomic E-state index is 12.4. The first-order valence-electron chi connectivity index (χ1n) is 11.4. The van der Waals surface area contributed by atoms with Crippen molar-refractivity contribution in [2.75, 3.05) is 31.6 Å². The summed E-state index contributed by atoms with van der Waals surface area (Å²) in [7, 11) is 0. The third kappa shape index (κ3) is 7.07. The summed E-state index contributed by atoms with van der Waals surface area (Å²) in [6, 6.07) is 15.0. The van der Waals surface area contributed by atoms with Crippen LogP contribution in [0.4, 0.5) is 5.69 Å². The molecular formula is C26H32N2O5. The van der Waals surface area contributed by atoms with E-state index in [4.69, 9.17) is 9.47 Å². The first-order valence-corrected chi connectivity index (χ1v) is 11.4. The van der Waals surface area contributed by atoms with E-state index >= 15 is 0 Å². The lowest BCUT2D eigenvalue weighted by Gasteiger charge is -2.31. The summed E-state index contributed by atoms with van der Waals surface area (Å²) in [6.45, 7) is 6.60. The van der Waals surface area contributed by atoms with E-state index in [1.54, 1.807) is 4.90 Å². The summed E-state index contributed by atoms with van der Waals surface area (Å²) >= 11 is 0. The van der Waals surface area contributed by atoms with Gasteiger partial charge in [-0.05, 0) is 61.1 Å². The topological polar surface area (TPSA) is 84.9 Å². The fraction of sp³-hybridized carbons (Fsp3) is 0.423. The van der Waals surface area contributed by atoms with Gasteiger partial charge in [0.05, 0.1) is 0 Å². The summed E-state index contributed by atoms with van der Waals surface area (Å²) in [6.07, 6.45) is 1.15. The van der Waals surface area contributed by atoms with Gasteiger partial charge in [0.25, 0.3) is 5.91 Å². The Kier molecular flexibility index (Phi) is 8.46. The fourth-order valence-corrected chi connectivity index (χ4v) is 3.96. The van der Waals surface area contributed by atoms with Crippen LogP contribution in [0, 0.1) is 12.8 Å². The highest BCUT2D eigenvalue weighted by Crippen LogP contribution is 2.23. The fourth-order valence-electron chi connectivity index (χ4n) is 3.96. The Morgan fingerprint density at radius 1 is 1.03 bits per heavy atom. The van der Waals surface area contributed by atoms with Gasteiger partial charge >= 0.3 is 5.97 Å². The molecule has 0 aromatic heterocycles. The minimum atomic E-state index is -0.592.